The van der Waals surface area contributed by atoms with Gasteiger partial charge in [0.2, 0.25) is 5.91 Å². The third-order valence-corrected chi connectivity index (χ3v) is 2.47. The first kappa shape index (κ1) is 14.9. The number of carboxylic acid groups (broad SMARTS) is 1. The van der Waals surface area contributed by atoms with Crippen LogP contribution >= 0.6 is 0 Å². The fourth-order valence-electron chi connectivity index (χ4n) is 1.44. The molecule has 16 heavy (non-hydrogen) atoms. The van der Waals surface area contributed by atoms with Gasteiger partial charge in [0.25, 0.3) is 0 Å². The molecule has 0 aromatic heterocycles. The van der Waals surface area contributed by atoms with Gasteiger partial charge in [-0.15, -0.1) is 0 Å². The first-order valence-corrected chi connectivity index (χ1v) is 5.79. The van der Waals surface area contributed by atoms with E-state index in [-0.39, 0.29) is 18.9 Å². The van der Waals surface area contributed by atoms with Crippen molar-refractivity contribution in [3.05, 3.63) is 0 Å². The van der Waals surface area contributed by atoms with Crippen LogP contribution in [0.4, 0.5) is 0 Å². The molecule has 1 amide bonds. The molecule has 0 rings (SSSR count). The van der Waals surface area contributed by atoms with Gasteiger partial charge < -0.3 is 15.7 Å². The van der Waals surface area contributed by atoms with Crippen LogP contribution < -0.4 is 5.73 Å². The van der Waals surface area contributed by atoms with Crippen molar-refractivity contribution < 1.29 is 14.7 Å². The molecular weight excluding hydrogens is 208 g/mol. The van der Waals surface area contributed by atoms with E-state index in [0.29, 0.717) is 13.0 Å². The number of nitrogens with two attached hydrogens (primary N) is 1. The molecule has 0 aromatic carbocycles. The Morgan fingerprint density at radius 2 is 2.00 bits per heavy atom. The van der Waals surface area contributed by atoms with Crippen molar-refractivity contribution in [2.24, 2.45) is 5.73 Å². The summed E-state index contributed by atoms with van der Waals surface area (Å²) in [6, 6.07) is -0.492. The maximum absolute atomic E-state index is 11.8. The lowest BCUT2D eigenvalue weighted by Crippen LogP contribution is -2.44. The SMILES string of the molecule is CCCC[C@H](N)C(=O)N(CC)CCC(=O)O. The summed E-state index contributed by atoms with van der Waals surface area (Å²) in [5.41, 5.74) is 5.75. The van der Waals surface area contributed by atoms with Crippen LogP contribution in [0.3, 0.4) is 0 Å². The van der Waals surface area contributed by atoms with Gasteiger partial charge in [-0.2, -0.15) is 0 Å². The lowest BCUT2D eigenvalue weighted by atomic mass is 10.1. The molecule has 0 unspecified atom stereocenters. The zero-order valence-corrected chi connectivity index (χ0v) is 10.1. The van der Waals surface area contributed by atoms with Crippen molar-refractivity contribution in [2.75, 3.05) is 13.1 Å². The number of likely N-dealkylation sites (N-methyl/N-ethyl adjacent to an activating group) is 1. The Balaban J connectivity index is 4.12. The summed E-state index contributed by atoms with van der Waals surface area (Å²) in [5.74, 6) is -1.04. The highest BCUT2D eigenvalue weighted by atomic mass is 16.4. The summed E-state index contributed by atoms with van der Waals surface area (Å²) in [4.78, 5) is 23.7. The second kappa shape index (κ2) is 8.10. The van der Waals surface area contributed by atoms with Gasteiger partial charge in [0.1, 0.15) is 0 Å². The number of unbranched alkanes of at least 4 members (excludes halogenated alkanes) is 1. The Bertz CT molecular complexity index is 231. The van der Waals surface area contributed by atoms with Crippen LogP contribution in [0, 0.1) is 0 Å². The molecule has 0 radical (unpaired) electrons. The van der Waals surface area contributed by atoms with E-state index in [2.05, 4.69) is 0 Å². The van der Waals surface area contributed by atoms with Crippen LogP contribution in [-0.4, -0.2) is 41.0 Å². The molecule has 3 N–H and O–H groups in total. The molecule has 0 aromatic rings. The fourth-order valence-corrected chi connectivity index (χ4v) is 1.44. The van der Waals surface area contributed by atoms with E-state index < -0.39 is 12.0 Å². The molecule has 0 aliphatic carbocycles. The second-order valence-electron chi connectivity index (χ2n) is 3.81. The summed E-state index contributed by atoms with van der Waals surface area (Å²) < 4.78 is 0. The predicted molar refractivity (Wildman–Crippen MR) is 62.0 cm³/mol. The van der Waals surface area contributed by atoms with E-state index in [0.717, 1.165) is 12.8 Å². The van der Waals surface area contributed by atoms with E-state index in [9.17, 15) is 9.59 Å². The van der Waals surface area contributed by atoms with E-state index in [1.165, 1.54) is 4.90 Å². The molecule has 1 atom stereocenters. The lowest BCUT2D eigenvalue weighted by molar-refractivity contribution is -0.138. The van der Waals surface area contributed by atoms with Gasteiger partial charge in [0.05, 0.1) is 12.5 Å². The molecular formula is C11H22N2O3. The van der Waals surface area contributed by atoms with Crippen LogP contribution in [-0.2, 0) is 9.59 Å². The van der Waals surface area contributed by atoms with Gasteiger partial charge >= 0.3 is 5.97 Å². The van der Waals surface area contributed by atoms with E-state index in [1.54, 1.807) is 0 Å². The molecule has 0 aliphatic heterocycles. The zero-order chi connectivity index (χ0) is 12.6. The molecule has 5 nitrogen and oxygen atoms in total. The number of amides is 1. The monoisotopic (exact) mass is 230 g/mol. The van der Waals surface area contributed by atoms with Crippen molar-refractivity contribution in [2.45, 2.75) is 45.6 Å². The number of carbonyl (C=O) groups is 2. The Labute approximate surface area is 96.6 Å². The summed E-state index contributed by atoms with van der Waals surface area (Å²) in [6.45, 7) is 4.61. The molecule has 0 saturated carbocycles. The third kappa shape index (κ3) is 5.70. The Morgan fingerprint density at radius 3 is 2.44 bits per heavy atom. The fraction of sp³-hybridized carbons (Fsp3) is 0.818. The summed E-state index contributed by atoms with van der Waals surface area (Å²) in [6.07, 6.45) is 2.56. The van der Waals surface area contributed by atoms with Gasteiger partial charge in [-0.25, -0.2) is 0 Å². The quantitative estimate of drug-likeness (QED) is 0.647. The normalized spacial score (nSPS) is 12.2. The van der Waals surface area contributed by atoms with Crippen molar-refractivity contribution in [3.63, 3.8) is 0 Å². The Hall–Kier alpha value is -1.10. The smallest absolute Gasteiger partial charge is 0.305 e. The van der Waals surface area contributed by atoms with Gasteiger partial charge in [-0.3, -0.25) is 9.59 Å². The van der Waals surface area contributed by atoms with Crippen LogP contribution in [0.15, 0.2) is 0 Å². The highest BCUT2D eigenvalue weighted by molar-refractivity contribution is 5.82. The average molecular weight is 230 g/mol. The molecule has 0 fully saturated rings. The standard InChI is InChI=1S/C11H22N2O3/c1-3-5-6-9(12)11(16)13(4-2)8-7-10(14)15/h9H,3-8,12H2,1-2H3,(H,14,15)/t9-/m0/s1. The van der Waals surface area contributed by atoms with Gasteiger partial charge in [0, 0.05) is 13.1 Å². The molecule has 94 valence electrons. The van der Waals surface area contributed by atoms with Crippen LogP contribution in [0.2, 0.25) is 0 Å². The van der Waals surface area contributed by atoms with E-state index in [4.69, 9.17) is 10.8 Å². The van der Waals surface area contributed by atoms with Crippen molar-refractivity contribution in [3.8, 4) is 0 Å². The third-order valence-electron chi connectivity index (χ3n) is 2.47. The molecule has 0 saturated heterocycles. The number of aliphatic carboxylic acids is 1. The summed E-state index contributed by atoms with van der Waals surface area (Å²) in [7, 11) is 0. The maximum Gasteiger partial charge on any atom is 0.305 e. The molecule has 0 spiro atoms. The number of hydrogen-bond acceptors (Lipinski definition) is 3. The zero-order valence-electron chi connectivity index (χ0n) is 10.1. The number of hydrogen-bond donors (Lipinski definition) is 2. The van der Waals surface area contributed by atoms with Crippen molar-refractivity contribution >= 4 is 11.9 Å². The number of carbonyl (C=O) groups excluding carboxylic acids is 1. The van der Waals surface area contributed by atoms with Crippen LogP contribution in [0.25, 0.3) is 0 Å². The largest absolute Gasteiger partial charge is 0.481 e. The maximum atomic E-state index is 11.8. The number of nitrogens with zero attached hydrogens (tertiary/aromatic N) is 1. The molecule has 0 aliphatic rings. The van der Waals surface area contributed by atoms with Gasteiger partial charge in [-0.1, -0.05) is 19.8 Å². The minimum absolute atomic E-state index is 0.0277. The molecule has 0 heterocycles. The van der Waals surface area contributed by atoms with Crippen molar-refractivity contribution in [1.82, 2.24) is 4.90 Å². The lowest BCUT2D eigenvalue weighted by Gasteiger charge is -2.23. The van der Waals surface area contributed by atoms with Gasteiger partial charge in [-0.05, 0) is 13.3 Å². The van der Waals surface area contributed by atoms with E-state index in [1.807, 2.05) is 13.8 Å². The second-order valence-corrected chi connectivity index (χ2v) is 3.81. The van der Waals surface area contributed by atoms with Crippen LogP contribution in [0.5, 0.6) is 0 Å². The Kier molecular flexibility index (Phi) is 7.54. The topological polar surface area (TPSA) is 83.6 Å². The molecule has 0 bridgehead atoms. The van der Waals surface area contributed by atoms with Crippen molar-refractivity contribution in [1.29, 1.82) is 0 Å². The Morgan fingerprint density at radius 1 is 1.38 bits per heavy atom. The predicted octanol–water partition coefficient (Wildman–Crippen LogP) is 0.827. The minimum Gasteiger partial charge on any atom is -0.481 e. The number of carboxylic acids is 1. The molecule has 5 heteroatoms. The van der Waals surface area contributed by atoms with Crippen LogP contribution in [0.1, 0.15) is 39.5 Å². The average Bonchev–Trinajstić information content (AvgIpc) is 2.25. The minimum atomic E-state index is -0.895. The van der Waals surface area contributed by atoms with E-state index >= 15 is 0 Å². The van der Waals surface area contributed by atoms with Gasteiger partial charge in [0.15, 0.2) is 0 Å². The number of rotatable bonds is 8. The highest BCUT2D eigenvalue weighted by Gasteiger charge is 2.19. The summed E-state index contributed by atoms with van der Waals surface area (Å²) in [5, 5.41) is 8.55. The summed E-state index contributed by atoms with van der Waals surface area (Å²) >= 11 is 0. The highest BCUT2D eigenvalue weighted by Crippen LogP contribution is 2.03. The first-order chi connectivity index (χ1) is 7.52. The first-order valence-electron chi connectivity index (χ1n) is 5.79.